The molecule has 0 bridgehead atoms. The van der Waals surface area contributed by atoms with Crippen LogP contribution in [0.25, 0.3) is 6.08 Å². The third kappa shape index (κ3) is 3.88. The summed E-state index contributed by atoms with van der Waals surface area (Å²) in [5.41, 5.74) is 6.41. The van der Waals surface area contributed by atoms with Gasteiger partial charge in [-0.3, -0.25) is 4.90 Å². The first kappa shape index (κ1) is 16.8. The molecule has 0 amide bonds. The molecule has 1 aromatic rings. The Morgan fingerprint density at radius 1 is 1.09 bits per heavy atom. The Balaban J connectivity index is 1.96. The van der Waals surface area contributed by atoms with Gasteiger partial charge in [0.15, 0.2) is 0 Å². The molecule has 1 fully saturated rings. The predicted molar refractivity (Wildman–Crippen MR) is 101 cm³/mol. The number of hydrogen-bond acceptors (Lipinski definition) is 1. The van der Waals surface area contributed by atoms with Crippen molar-refractivity contribution in [3.05, 3.63) is 40.5 Å². The van der Waals surface area contributed by atoms with Gasteiger partial charge in [0.25, 0.3) is 0 Å². The lowest BCUT2D eigenvalue weighted by Gasteiger charge is -2.31. The van der Waals surface area contributed by atoms with E-state index in [9.17, 15) is 0 Å². The minimum absolute atomic E-state index is 0.223. The van der Waals surface area contributed by atoms with Crippen LogP contribution in [0.2, 0.25) is 0 Å². The first-order chi connectivity index (χ1) is 11.0. The minimum atomic E-state index is 0.223. The van der Waals surface area contributed by atoms with Gasteiger partial charge in [-0.25, -0.2) is 0 Å². The second kappa shape index (κ2) is 6.81. The summed E-state index contributed by atoms with van der Waals surface area (Å²) in [5, 5.41) is 0. The molecule has 1 nitrogen and oxygen atoms in total. The van der Waals surface area contributed by atoms with Gasteiger partial charge in [-0.2, -0.15) is 0 Å². The largest absolute Gasteiger partial charge is 0.299 e. The average Bonchev–Trinajstić information content (AvgIpc) is 2.54. The van der Waals surface area contributed by atoms with Gasteiger partial charge in [-0.1, -0.05) is 58.4 Å². The lowest BCUT2D eigenvalue weighted by molar-refractivity contribution is 0.220. The third-order valence-electron chi connectivity index (χ3n) is 5.62. The number of benzene rings is 1. The average molecular weight is 312 g/mol. The zero-order chi connectivity index (χ0) is 16.4. The maximum atomic E-state index is 2.67. The fourth-order valence-corrected chi connectivity index (χ4v) is 3.94. The van der Waals surface area contributed by atoms with E-state index in [0.717, 1.165) is 12.5 Å². The van der Waals surface area contributed by atoms with Gasteiger partial charge in [0.2, 0.25) is 0 Å². The van der Waals surface area contributed by atoms with Crippen molar-refractivity contribution in [2.75, 3.05) is 13.1 Å². The number of hydrogen-bond donors (Lipinski definition) is 0. The van der Waals surface area contributed by atoms with Crippen LogP contribution >= 0.6 is 0 Å². The number of allylic oxidation sites excluding steroid dienone is 1. The van der Waals surface area contributed by atoms with Crippen LogP contribution < -0.4 is 0 Å². The highest BCUT2D eigenvalue weighted by molar-refractivity contribution is 5.61. The van der Waals surface area contributed by atoms with Crippen LogP contribution in [-0.4, -0.2) is 18.0 Å². The molecule has 1 aromatic carbocycles. The highest BCUT2D eigenvalue weighted by Crippen LogP contribution is 2.33. The molecule has 1 aliphatic heterocycles. The standard InChI is InChI=1S/C22H33N/c1-5-17-9-10-18-14-20(22(2,3)4)15-19(21(18)13-17)16-23-11-7-6-8-12-23/h9-10,14-15,17H,5-8,11-13,16H2,1-4H3. The van der Waals surface area contributed by atoms with E-state index in [1.807, 2.05) is 0 Å². The molecular weight excluding hydrogens is 278 g/mol. The zero-order valence-electron chi connectivity index (χ0n) is 15.5. The molecule has 0 N–H and O–H groups in total. The number of piperidine rings is 1. The molecule has 0 aromatic heterocycles. The zero-order valence-corrected chi connectivity index (χ0v) is 15.5. The van der Waals surface area contributed by atoms with E-state index < -0.39 is 0 Å². The summed E-state index contributed by atoms with van der Waals surface area (Å²) in [6.07, 6.45) is 11.5. The quantitative estimate of drug-likeness (QED) is 0.706. The highest BCUT2D eigenvalue weighted by atomic mass is 15.1. The Morgan fingerprint density at radius 3 is 2.48 bits per heavy atom. The summed E-state index contributed by atoms with van der Waals surface area (Å²) in [7, 11) is 0. The van der Waals surface area contributed by atoms with Gasteiger partial charge in [-0.05, 0) is 72.4 Å². The van der Waals surface area contributed by atoms with Crippen molar-refractivity contribution in [2.24, 2.45) is 5.92 Å². The van der Waals surface area contributed by atoms with E-state index in [4.69, 9.17) is 0 Å². The Kier molecular flexibility index (Phi) is 4.96. The summed E-state index contributed by atoms with van der Waals surface area (Å²) in [6, 6.07) is 4.96. The molecule has 1 aliphatic carbocycles. The van der Waals surface area contributed by atoms with Crippen LogP contribution in [0.5, 0.6) is 0 Å². The third-order valence-corrected chi connectivity index (χ3v) is 5.62. The van der Waals surface area contributed by atoms with E-state index in [0.29, 0.717) is 0 Å². The van der Waals surface area contributed by atoms with E-state index in [-0.39, 0.29) is 5.41 Å². The summed E-state index contributed by atoms with van der Waals surface area (Å²) in [6.45, 7) is 13.0. The van der Waals surface area contributed by atoms with E-state index >= 15 is 0 Å². The molecule has 23 heavy (non-hydrogen) atoms. The molecule has 126 valence electrons. The predicted octanol–water partition coefficient (Wildman–Crippen LogP) is 5.57. The van der Waals surface area contributed by atoms with Gasteiger partial charge in [0, 0.05) is 6.54 Å². The second-order valence-corrected chi connectivity index (χ2v) is 8.52. The Morgan fingerprint density at radius 2 is 1.83 bits per heavy atom. The maximum Gasteiger partial charge on any atom is 0.0236 e. The van der Waals surface area contributed by atoms with E-state index in [1.165, 1.54) is 56.3 Å². The Bertz CT molecular complexity index is 570. The molecule has 1 atom stereocenters. The van der Waals surface area contributed by atoms with Crippen molar-refractivity contribution in [3.63, 3.8) is 0 Å². The summed E-state index contributed by atoms with van der Waals surface area (Å²) < 4.78 is 0. The summed E-state index contributed by atoms with van der Waals surface area (Å²) in [4.78, 5) is 2.67. The van der Waals surface area contributed by atoms with Crippen molar-refractivity contribution in [1.82, 2.24) is 4.90 Å². The molecule has 0 saturated carbocycles. The Hall–Kier alpha value is -1.08. The van der Waals surface area contributed by atoms with Crippen molar-refractivity contribution >= 4 is 6.08 Å². The molecule has 0 spiro atoms. The minimum Gasteiger partial charge on any atom is -0.299 e. The number of rotatable bonds is 3. The topological polar surface area (TPSA) is 3.24 Å². The van der Waals surface area contributed by atoms with Crippen LogP contribution in [0, 0.1) is 5.92 Å². The van der Waals surface area contributed by atoms with Crippen molar-refractivity contribution < 1.29 is 0 Å². The molecule has 1 saturated heterocycles. The summed E-state index contributed by atoms with van der Waals surface area (Å²) >= 11 is 0. The molecule has 0 radical (unpaired) electrons. The summed E-state index contributed by atoms with van der Waals surface area (Å²) in [5.74, 6) is 0.725. The van der Waals surface area contributed by atoms with Crippen LogP contribution in [-0.2, 0) is 18.4 Å². The van der Waals surface area contributed by atoms with Crippen LogP contribution in [0.3, 0.4) is 0 Å². The van der Waals surface area contributed by atoms with Gasteiger partial charge in [0.05, 0.1) is 0 Å². The van der Waals surface area contributed by atoms with E-state index in [1.54, 1.807) is 11.1 Å². The molecule has 1 unspecified atom stereocenters. The molecule has 1 heterocycles. The molecule has 1 heteroatoms. The number of likely N-dealkylation sites (tertiary alicyclic amines) is 1. The van der Waals surface area contributed by atoms with E-state index in [2.05, 4.69) is 56.9 Å². The maximum absolute atomic E-state index is 2.67. The van der Waals surface area contributed by atoms with Crippen LogP contribution in [0.1, 0.15) is 75.6 Å². The lowest BCUT2D eigenvalue weighted by atomic mass is 9.79. The first-order valence-electron chi connectivity index (χ1n) is 9.54. The molecule has 2 aliphatic rings. The van der Waals surface area contributed by atoms with Crippen molar-refractivity contribution in [2.45, 2.75) is 71.8 Å². The molecule has 3 rings (SSSR count). The monoisotopic (exact) mass is 311 g/mol. The first-order valence-corrected chi connectivity index (χ1v) is 9.54. The fourth-order valence-electron chi connectivity index (χ4n) is 3.94. The van der Waals surface area contributed by atoms with Crippen molar-refractivity contribution in [3.8, 4) is 0 Å². The van der Waals surface area contributed by atoms with Gasteiger partial charge >= 0.3 is 0 Å². The van der Waals surface area contributed by atoms with Gasteiger partial charge in [-0.15, -0.1) is 0 Å². The number of nitrogens with zero attached hydrogens (tertiary/aromatic N) is 1. The van der Waals surface area contributed by atoms with Crippen LogP contribution in [0.15, 0.2) is 18.2 Å². The van der Waals surface area contributed by atoms with Gasteiger partial charge < -0.3 is 0 Å². The van der Waals surface area contributed by atoms with Gasteiger partial charge in [0.1, 0.15) is 0 Å². The van der Waals surface area contributed by atoms with Crippen LogP contribution in [0.4, 0.5) is 0 Å². The van der Waals surface area contributed by atoms with Crippen molar-refractivity contribution in [1.29, 1.82) is 0 Å². The molecular formula is C22H33N. The number of fused-ring (bicyclic) bond motifs is 1. The SMILES string of the molecule is CCC1C=Cc2cc(C(C)(C)C)cc(CN3CCCCC3)c2C1. The lowest BCUT2D eigenvalue weighted by Crippen LogP contribution is -2.30. The fraction of sp³-hybridized carbons (Fsp3) is 0.636. The Labute approximate surface area is 142 Å². The highest BCUT2D eigenvalue weighted by Gasteiger charge is 2.22. The smallest absolute Gasteiger partial charge is 0.0236 e. The normalized spacial score (nSPS) is 22.2. The second-order valence-electron chi connectivity index (χ2n) is 8.52.